The molecule has 444 valence electrons. The molecule has 2 amide bonds. The van der Waals surface area contributed by atoms with Crippen molar-refractivity contribution in [3.63, 3.8) is 0 Å². The monoisotopic (exact) mass is 1110 g/mol. The number of nitrogens with one attached hydrogen (secondary N) is 2. The summed E-state index contributed by atoms with van der Waals surface area (Å²) in [6.07, 6.45) is 21.4. The van der Waals surface area contributed by atoms with Crippen LogP contribution in [0, 0.1) is 6.92 Å². The van der Waals surface area contributed by atoms with Gasteiger partial charge >= 0.3 is 0 Å². The Balaban J connectivity index is 0.000000321. The van der Waals surface area contributed by atoms with Crippen LogP contribution in [-0.2, 0) is 41.8 Å². The Morgan fingerprint density at radius 1 is 0.800 bits per heavy atom. The number of hydrogen-bond donors (Lipinski definition) is 2. The van der Waals surface area contributed by atoms with Crippen molar-refractivity contribution >= 4 is 48.3 Å². The van der Waals surface area contributed by atoms with Gasteiger partial charge < -0.3 is 39.4 Å². The van der Waals surface area contributed by atoms with Gasteiger partial charge in [-0.3, -0.25) is 33.4 Å². The SMILES string of the molecule is C=Cc1cc(C2CCN(C=O)CC2)c(=O)[nH]c1C=C.CCCCCCN(C)C.CCCCCCN(C)C.CNC(Cc1cc(C)c2c(cnn2COC=O)c1)C(=O)N1CCN(C2CC[N+](C)(COC=O)CC2)CC1.c1ccccc1. The molecule has 17 nitrogen and oxygen atoms in total. The van der Waals surface area contributed by atoms with Crippen molar-refractivity contribution in [2.45, 2.75) is 129 Å². The van der Waals surface area contributed by atoms with Gasteiger partial charge in [-0.15, -0.1) is 0 Å². The second-order valence-electron chi connectivity index (χ2n) is 22.1. The first-order valence-corrected chi connectivity index (χ1v) is 29.2. The van der Waals surface area contributed by atoms with Crippen LogP contribution in [0.5, 0.6) is 0 Å². The van der Waals surface area contributed by atoms with E-state index in [1.165, 1.54) is 64.5 Å². The van der Waals surface area contributed by atoms with Crippen LogP contribution >= 0.6 is 0 Å². The number of nitrogens with zero attached hydrogens (tertiary/aromatic N) is 8. The number of benzene rings is 2. The number of rotatable bonds is 25. The number of piperazine rings is 1. The molecule has 7 rings (SSSR count). The van der Waals surface area contributed by atoms with Crippen LogP contribution in [-0.4, -0.2) is 196 Å². The number of ether oxygens (including phenoxy) is 2. The van der Waals surface area contributed by atoms with E-state index in [1.807, 2.05) is 61.3 Å². The van der Waals surface area contributed by atoms with Gasteiger partial charge in [0.25, 0.3) is 18.5 Å². The number of quaternary nitrogens is 1. The molecule has 3 saturated heterocycles. The minimum Gasteiger partial charge on any atom is -0.445 e. The number of hydrogen-bond acceptors (Lipinski definition) is 12. The number of amides is 2. The molecule has 2 aromatic heterocycles. The predicted molar refractivity (Wildman–Crippen MR) is 326 cm³/mol. The smallest absolute Gasteiger partial charge is 0.297 e. The molecular formula is C63H101N10O7+. The molecular weight excluding hydrogens is 1010 g/mol. The molecule has 0 aliphatic carbocycles. The summed E-state index contributed by atoms with van der Waals surface area (Å²) in [5.41, 5.74) is 5.32. The van der Waals surface area contributed by atoms with Gasteiger partial charge in [0.15, 0.2) is 6.73 Å². The molecule has 17 heteroatoms. The summed E-state index contributed by atoms with van der Waals surface area (Å²) in [6.45, 7) is 24.5. The average molecular weight is 1110 g/mol. The molecule has 0 radical (unpaired) electrons. The molecule has 2 N–H and O–H groups in total. The fraction of sp³-hybridized carbons (Fsp3) is 0.587. The van der Waals surface area contributed by atoms with Gasteiger partial charge in [-0.1, -0.05) is 114 Å². The third-order valence-corrected chi connectivity index (χ3v) is 15.2. The van der Waals surface area contributed by atoms with Gasteiger partial charge in [0, 0.05) is 74.8 Å². The van der Waals surface area contributed by atoms with E-state index in [1.54, 1.807) is 27.9 Å². The summed E-state index contributed by atoms with van der Waals surface area (Å²) in [7, 11) is 12.5. The molecule has 0 bridgehead atoms. The number of unbranched alkanes of at least 4 members (excludes halogenated alkanes) is 6. The zero-order valence-electron chi connectivity index (χ0n) is 50.4. The number of pyridine rings is 1. The predicted octanol–water partition coefficient (Wildman–Crippen LogP) is 8.43. The molecule has 2 aromatic carbocycles. The average Bonchev–Trinajstić information content (AvgIpc) is 3.97. The van der Waals surface area contributed by atoms with Gasteiger partial charge in [0.1, 0.15) is 0 Å². The number of aromatic nitrogens is 3. The third kappa shape index (κ3) is 24.4. The zero-order chi connectivity index (χ0) is 58.7. The number of likely N-dealkylation sites (tertiary alicyclic amines) is 2. The molecule has 1 unspecified atom stereocenters. The fourth-order valence-corrected chi connectivity index (χ4v) is 10.4. The van der Waals surface area contributed by atoms with E-state index in [0.717, 1.165) is 109 Å². The number of piperidine rings is 2. The molecule has 80 heavy (non-hydrogen) atoms. The second-order valence-corrected chi connectivity index (χ2v) is 22.1. The van der Waals surface area contributed by atoms with Crippen molar-refractivity contribution in [1.29, 1.82) is 0 Å². The molecule has 0 spiro atoms. The third-order valence-electron chi connectivity index (χ3n) is 15.2. The van der Waals surface area contributed by atoms with Crippen molar-refractivity contribution in [2.24, 2.45) is 0 Å². The van der Waals surface area contributed by atoms with Crippen LogP contribution in [0.1, 0.15) is 125 Å². The molecule has 5 heterocycles. The van der Waals surface area contributed by atoms with Gasteiger partial charge in [-0.25, -0.2) is 4.68 Å². The van der Waals surface area contributed by atoms with Gasteiger partial charge in [0.05, 0.1) is 37.9 Å². The normalized spacial score (nSPS) is 17.7. The topological polar surface area (TPSA) is 166 Å². The van der Waals surface area contributed by atoms with Crippen LogP contribution in [0.2, 0.25) is 0 Å². The maximum Gasteiger partial charge on any atom is 0.297 e. The number of carbonyl (C=O) groups is 4. The van der Waals surface area contributed by atoms with Crippen molar-refractivity contribution in [3.8, 4) is 0 Å². The van der Waals surface area contributed by atoms with Crippen LogP contribution in [0.3, 0.4) is 0 Å². The minimum absolute atomic E-state index is 0.0648. The molecule has 4 aromatic rings. The highest BCUT2D eigenvalue weighted by molar-refractivity contribution is 5.84. The van der Waals surface area contributed by atoms with E-state index >= 15 is 0 Å². The van der Waals surface area contributed by atoms with Crippen molar-refractivity contribution in [3.05, 3.63) is 112 Å². The Bertz CT molecular complexity index is 2390. The van der Waals surface area contributed by atoms with Crippen molar-refractivity contribution < 1.29 is 33.1 Å². The number of likely N-dealkylation sites (N-methyl/N-ethyl adjacent to an activating group) is 1. The summed E-state index contributed by atoms with van der Waals surface area (Å²) in [6, 6.07) is 18.2. The van der Waals surface area contributed by atoms with Crippen molar-refractivity contribution in [1.82, 2.24) is 44.6 Å². The number of fused-ring (bicyclic) bond motifs is 1. The fourth-order valence-electron chi connectivity index (χ4n) is 10.4. The number of carbonyl (C=O) groups excluding carboxylic acids is 4. The molecule has 3 aliphatic rings. The maximum atomic E-state index is 13.4. The first kappa shape index (κ1) is 68.3. The van der Waals surface area contributed by atoms with E-state index in [0.29, 0.717) is 50.9 Å². The lowest BCUT2D eigenvalue weighted by Crippen LogP contribution is -2.59. The van der Waals surface area contributed by atoms with Gasteiger partial charge in [0.2, 0.25) is 19.0 Å². The summed E-state index contributed by atoms with van der Waals surface area (Å²) in [4.78, 5) is 70.9. The zero-order valence-corrected chi connectivity index (χ0v) is 50.4. The van der Waals surface area contributed by atoms with E-state index in [4.69, 9.17) is 9.47 Å². The van der Waals surface area contributed by atoms with Crippen LogP contribution in [0.4, 0.5) is 0 Å². The quantitative estimate of drug-likeness (QED) is 0.0370. The Labute approximate surface area is 479 Å². The highest BCUT2D eigenvalue weighted by Gasteiger charge is 2.36. The van der Waals surface area contributed by atoms with Crippen molar-refractivity contribution in [2.75, 3.05) is 114 Å². The Kier molecular flexibility index (Phi) is 33.0. The standard InChI is InChI=1S/C26H39N6O5.C15H18N2O2.2C8H19N.C6H6/c1-20-12-21(13-22-15-28-31(25(20)22)16-36-18-33)14-24(27-2)26(35)30-8-6-29(7-9-30)23-4-10-32(3,11-5-23)17-37-19-34;1-3-11-9-13(15(19)16-14(11)4-2)12-5-7-17(10-18)8-6-12;2*1-4-5-6-7-8-9(2)3;1-2-4-6-5-3-1/h12-13,15,18-19,23-24,27H,4-11,14,16-17H2,1-3H3;3-4,9-10,12H,1-2,5-8H2,(H,16,19);2*4-8H2,1-3H3;1-6H/q+1;;;;. The summed E-state index contributed by atoms with van der Waals surface area (Å²) in [5, 5.41) is 8.51. The lowest BCUT2D eigenvalue weighted by molar-refractivity contribution is -0.930. The Morgan fingerprint density at radius 3 is 1.86 bits per heavy atom. The molecule has 3 aliphatic heterocycles. The summed E-state index contributed by atoms with van der Waals surface area (Å²) < 4.78 is 12.3. The number of H-pyrrole nitrogens is 1. The lowest BCUT2D eigenvalue weighted by atomic mass is 9.89. The van der Waals surface area contributed by atoms with Crippen LogP contribution < -0.4 is 10.9 Å². The van der Waals surface area contributed by atoms with E-state index < -0.39 is 0 Å². The minimum atomic E-state index is -0.303. The molecule has 1 atom stereocenters. The van der Waals surface area contributed by atoms with E-state index in [2.05, 4.69) is 104 Å². The summed E-state index contributed by atoms with van der Waals surface area (Å²) >= 11 is 0. The number of aromatic amines is 1. The van der Waals surface area contributed by atoms with E-state index in [-0.39, 0.29) is 30.2 Å². The lowest BCUT2D eigenvalue weighted by Gasteiger charge is -2.45. The van der Waals surface area contributed by atoms with Gasteiger partial charge in [-0.2, -0.15) is 5.10 Å². The molecule has 0 saturated carbocycles. The Morgan fingerprint density at radius 2 is 1.38 bits per heavy atom. The first-order valence-electron chi connectivity index (χ1n) is 29.2. The second kappa shape index (κ2) is 38.6. The van der Waals surface area contributed by atoms with Gasteiger partial charge in [-0.05, 0) is 128 Å². The highest BCUT2D eigenvalue weighted by Crippen LogP contribution is 2.27. The van der Waals surface area contributed by atoms with Crippen LogP contribution in [0.15, 0.2) is 78.7 Å². The Hall–Kier alpha value is -5.98. The highest BCUT2D eigenvalue weighted by atomic mass is 16.5. The summed E-state index contributed by atoms with van der Waals surface area (Å²) in [5.74, 6) is 0.339. The van der Waals surface area contributed by atoms with Crippen LogP contribution in [0.25, 0.3) is 23.1 Å². The molecule has 3 fully saturated rings. The first-order chi connectivity index (χ1) is 38.6. The number of aryl methyl sites for hydroxylation is 1. The van der Waals surface area contributed by atoms with E-state index in [9.17, 15) is 24.0 Å². The largest absolute Gasteiger partial charge is 0.445 e. The maximum absolute atomic E-state index is 13.4.